The van der Waals surface area contributed by atoms with Gasteiger partial charge in [-0.15, -0.1) is 0 Å². The number of unbranched alkanes of at least 4 members (excludes halogenated alkanes) is 17. The maximum absolute atomic E-state index is 13.4. The molecule has 69 heavy (non-hydrogen) atoms. The third-order valence-electron chi connectivity index (χ3n) is 13.4. The van der Waals surface area contributed by atoms with Crippen molar-refractivity contribution < 1.29 is 19.1 Å². The molecule has 1 amide bonds. The van der Waals surface area contributed by atoms with Gasteiger partial charge in [-0.05, 0) is 83.5 Å². The van der Waals surface area contributed by atoms with Crippen molar-refractivity contribution in [1.29, 1.82) is 0 Å². The van der Waals surface area contributed by atoms with E-state index in [9.17, 15) is 14.4 Å². The topological polar surface area (TPSA) is 141 Å². The van der Waals surface area contributed by atoms with Gasteiger partial charge in [0.1, 0.15) is 5.52 Å². The molecule has 3 rings (SSSR count). The molecule has 0 aliphatic carbocycles. The van der Waals surface area contributed by atoms with Gasteiger partial charge in [0.05, 0.1) is 26.7 Å². The highest BCUT2D eigenvalue weighted by atomic mass is 16.5. The zero-order valence-corrected chi connectivity index (χ0v) is 44.7. The smallest absolute Gasteiger partial charge is 0.328 e. The molecule has 0 radical (unpaired) electrons. The molecular formula is C55H97N9O5. The first kappa shape index (κ1) is 59.5. The van der Waals surface area contributed by atoms with Crippen molar-refractivity contribution in [2.24, 2.45) is 0 Å². The Morgan fingerprint density at radius 2 is 1.16 bits per heavy atom. The lowest BCUT2D eigenvalue weighted by atomic mass is 10.1. The number of imidazole rings is 1. The van der Waals surface area contributed by atoms with Crippen LogP contribution in [-0.4, -0.2) is 144 Å². The van der Waals surface area contributed by atoms with Crippen LogP contribution in [0.5, 0.6) is 6.01 Å². The number of carbonyl (C=O) groups excluding carboxylic acids is 2. The zero-order chi connectivity index (χ0) is 49.9. The molecule has 0 saturated heterocycles. The first-order valence-electron chi connectivity index (χ1n) is 27.5. The molecule has 0 aliphatic rings. The highest BCUT2D eigenvalue weighted by Crippen LogP contribution is 2.23. The second-order valence-corrected chi connectivity index (χ2v) is 19.5. The highest BCUT2D eigenvalue weighted by Gasteiger charge is 2.19. The lowest BCUT2D eigenvalue weighted by molar-refractivity contribution is -0.139. The van der Waals surface area contributed by atoms with Gasteiger partial charge in [-0.1, -0.05) is 155 Å². The number of fused-ring (bicyclic) bond motifs is 1. The summed E-state index contributed by atoms with van der Waals surface area (Å²) in [4.78, 5) is 61.0. The summed E-state index contributed by atoms with van der Waals surface area (Å²) < 4.78 is 12.2. The minimum absolute atomic E-state index is 0.107. The number of benzene rings is 1. The fourth-order valence-corrected chi connectivity index (χ4v) is 8.76. The van der Waals surface area contributed by atoms with Crippen molar-refractivity contribution in [3.8, 4) is 6.01 Å². The average Bonchev–Trinajstić information content (AvgIpc) is 3.66. The van der Waals surface area contributed by atoms with Crippen molar-refractivity contribution in [2.75, 3.05) is 98.6 Å². The van der Waals surface area contributed by atoms with Crippen LogP contribution in [0.3, 0.4) is 0 Å². The molecule has 0 unspecified atom stereocenters. The Labute approximate surface area is 418 Å². The van der Waals surface area contributed by atoms with Crippen LogP contribution in [-0.2, 0) is 27.3 Å². The molecule has 0 spiro atoms. The maximum atomic E-state index is 13.4. The number of nitrogens with one attached hydrogen (secondary N) is 2. The van der Waals surface area contributed by atoms with Gasteiger partial charge in [-0.25, -0.2) is 4.79 Å². The maximum Gasteiger partial charge on any atom is 0.328 e. The molecule has 2 N–H and O–H groups in total. The third kappa shape index (κ3) is 25.7. The Morgan fingerprint density at radius 1 is 0.638 bits per heavy atom. The van der Waals surface area contributed by atoms with Crippen LogP contribution in [0, 0.1) is 0 Å². The van der Waals surface area contributed by atoms with Crippen LogP contribution in [0.4, 0.5) is 5.82 Å². The van der Waals surface area contributed by atoms with E-state index in [0.717, 1.165) is 102 Å². The molecule has 2 aromatic heterocycles. The number of rotatable bonds is 43. The fraction of sp³-hybridized carbons (Fsp3) is 0.764. The molecule has 0 atom stereocenters. The van der Waals surface area contributed by atoms with Crippen molar-refractivity contribution in [3.63, 3.8) is 0 Å². The highest BCUT2D eigenvalue weighted by molar-refractivity contribution is 5.97. The number of anilines is 1. The summed E-state index contributed by atoms with van der Waals surface area (Å²) in [6.45, 7) is 20.6. The number of nitrogens with zero attached hydrogens (tertiary/aromatic N) is 7. The van der Waals surface area contributed by atoms with E-state index < -0.39 is 0 Å². The molecule has 2 heterocycles. The number of aromatic amines is 1. The number of H-pyrrole nitrogens is 1. The Balaban J connectivity index is 1.50. The van der Waals surface area contributed by atoms with Crippen LogP contribution < -0.4 is 15.7 Å². The Bertz CT molecular complexity index is 1870. The summed E-state index contributed by atoms with van der Waals surface area (Å²) in [5.41, 5.74) is 1.91. The minimum Gasteiger partial charge on any atom is -0.469 e. The monoisotopic (exact) mass is 964 g/mol. The van der Waals surface area contributed by atoms with E-state index in [2.05, 4.69) is 81.7 Å². The van der Waals surface area contributed by atoms with Gasteiger partial charge in [0, 0.05) is 45.7 Å². The second kappa shape index (κ2) is 37.0. The van der Waals surface area contributed by atoms with Crippen LogP contribution in [0.25, 0.3) is 11.2 Å². The molecule has 14 heteroatoms. The predicted octanol–water partition coefficient (Wildman–Crippen LogP) is 10.3. The summed E-state index contributed by atoms with van der Waals surface area (Å²) in [5, 5.41) is 2.97. The molecule has 0 aliphatic heterocycles. The lowest BCUT2D eigenvalue weighted by Gasteiger charge is -2.28. The molecule has 3 aromatic rings. The standard InChI is InChI=1S/C55H97N9O5/c1-8-12-15-17-19-21-23-27-34-62(11-4)41-39-60(5)37-38-61(6)40-42-63(35-28-24-22-20-18-16-13-9-2)36-29-25-26-33-49(65)56-52-51-53(59-54(58-52)69-43-14-10-3)64(55(67)57-51)46-48-32-30-31-47(44-48)45-50(66)68-7/h30-32,44H,8-29,33-43,45-46H2,1-7H3,(H,57,67)(H,56,58,59,65). The van der Waals surface area contributed by atoms with Crippen LogP contribution in [0.1, 0.15) is 180 Å². The van der Waals surface area contributed by atoms with Crippen molar-refractivity contribution >= 4 is 28.9 Å². The van der Waals surface area contributed by atoms with E-state index >= 15 is 0 Å². The summed E-state index contributed by atoms with van der Waals surface area (Å²) in [7, 11) is 5.91. The molecule has 0 saturated carbocycles. The van der Waals surface area contributed by atoms with Gasteiger partial charge < -0.3 is 39.4 Å². The van der Waals surface area contributed by atoms with E-state index in [1.54, 1.807) is 0 Å². The number of hydrogen-bond acceptors (Lipinski definition) is 11. The summed E-state index contributed by atoms with van der Waals surface area (Å²) in [6.07, 6.45) is 26.5. The van der Waals surface area contributed by atoms with Gasteiger partial charge in [0.15, 0.2) is 11.5 Å². The molecule has 1 aromatic carbocycles. The summed E-state index contributed by atoms with van der Waals surface area (Å²) in [6, 6.07) is 7.57. The number of likely N-dealkylation sites (N-methyl/N-ethyl adjacent to an activating group) is 3. The predicted molar refractivity (Wildman–Crippen MR) is 286 cm³/mol. The quantitative estimate of drug-likeness (QED) is 0.0414. The molecule has 0 fully saturated rings. The Kier molecular flexibility index (Phi) is 31.9. The van der Waals surface area contributed by atoms with Gasteiger partial charge in [-0.3, -0.25) is 14.2 Å². The van der Waals surface area contributed by atoms with Crippen LogP contribution >= 0.6 is 0 Å². The number of methoxy groups -OCH3 is 1. The zero-order valence-electron chi connectivity index (χ0n) is 44.7. The lowest BCUT2D eigenvalue weighted by Crippen LogP contribution is -2.39. The van der Waals surface area contributed by atoms with Crippen molar-refractivity contribution in [3.05, 3.63) is 45.9 Å². The molecule has 0 bridgehead atoms. The largest absolute Gasteiger partial charge is 0.469 e. The van der Waals surface area contributed by atoms with E-state index in [1.165, 1.54) is 121 Å². The van der Waals surface area contributed by atoms with E-state index in [1.807, 2.05) is 24.3 Å². The summed E-state index contributed by atoms with van der Waals surface area (Å²) >= 11 is 0. The number of hydrogen-bond donors (Lipinski definition) is 2. The third-order valence-corrected chi connectivity index (χ3v) is 13.4. The van der Waals surface area contributed by atoms with Crippen LogP contribution in [0.15, 0.2) is 29.1 Å². The van der Waals surface area contributed by atoms with Gasteiger partial charge >= 0.3 is 17.7 Å². The van der Waals surface area contributed by atoms with E-state index in [4.69, 9.17) is 9.47 Å². The number of amides is 1. The Morgan fingerprint density at radius 3 is 1.74 bits per heavy atom. The molecular weight excluding hydrogens is 867 g/mol. The van der Waals surface area contributed by atoms with Crippen molar-refractivity contribution in [1.82, 2.24) is 39.1 Å². The van der Waals surface area contributed by atoms with Gasteiger partial charge in [0.2, 0.25) is 5.91 Å². The number of carbonyl (C=O) groups is 2. The van der Waals surface area contributed by atoms with E-state index in [0.29, 0.717) is 24.2 Å². The van der Waals surface area contributed by atoms with Gasteiger partial charge in [0.25, 0.3) is 0 Å². The first-order valence-corrected chi connectivity index (χ1v) is 27.5. The number of ether oxygens (including phenoxy) is 2. The molecule has 14 nitrogen and oxygen atoms in total. The normalized spacial score (nSPS) is 11.8. The fourth-order valence-electron chi connectivity index (χ4n) is 8.76. The minimum atomic E-state index is -0.382. The first-order chi connectivity index (χ1) is 33.6. The van der Waals surface area contributed by atoms with Gasteiger partial charge in [-0.2, -0.15) is 9.97 Å². The molecule has 392 valence electrons. The SMILES string of the molecule is CCCCCCCCCCN(CC)CCN(C)CCN(C)CCN(CCCCCCCCCC)CCCCCC(=O)Nc1nc(OCCCC)nc2c1[nH]c(=O)n2Cc1cccc(CC(=O)OC)c1. The number of esters is 1. The van der Waals surface area contributed by atoms with Crippen molar-refractivity contribution in [2.45, 2.75) is 182 Å². The second-order valence-electron chi connectivity index (χ2n) is 19.5. The summed E-state index contributed by atoms with van der Waals surface area (Å²) in [5.74, 6) is -0.265. The van der Waals surface area contributed by atoms with E-state index in [-0.39, 0.29) is 42.4 Å². The average molecular weight is 964 g/mol. The Hall–Kier alpha value is -3.85. The number of aromatic nitrogens is 4. The van der Waals surface area contributed by atoms with Crippen LogP contribution in [0.2, 0.25) is 0 Å².